The van der Waals surface area contributed by atoms with Crippen molar-refractivity contribution in [1.82, 2.24) is 0 Å². The van der Waals surface area contributed by atoms with E-state index in [1.807, 2.05) is 0 Å². The van der Waals surface area contributed by atoms with E-state index in [1.54, 1.807) is 6.07 Å². The van der Waals surface area contributed by atoms with Crippen molar-refractivity contribution in [3.8, 4) is 0 Å². The number of rotatable bonds is 4. The Morgan fingerprint density at radius 3 is 2.71 bits per heavy atom. The lowest BCUT2D eigenvalue weighted by atomic mass is 10.1. The molecule has 1 rings (SSSR count). The van der Waals surface area contributed by atoms with Crippen LogP contribution in [0.1, 0.15) is 12.0 Å². The van der Waals surface area contributed by atoms with E-state index in [0.717, 1.165) is 22.9 Å². The van der Waals surface area contributed by atoms with E-state index in [9.17, 15) is 10.1 Å². The number of nitro groups is 1. The van der Waals surface area contributed by atoms with Gasteiger partial charge in [-0.1, -0.05) is 22.0 Å². The Kier molecular flexibility index (Phi) is 4.03. The van der Waals surface area contributed by atoms with Gasteiger partial charge in [-0.2, -0.15) is 0 Å². The molecule has 0 heterocycles. The Balaban J connectivity index is 2.84. The molecule has 0 atom stereocenters. The fourth-order valence-electron chi connectivity index (χ4n) is 1.15. The van der Waals surface area contributed by atoms with Crippen LogP contribution in [0.4, 0.5) is 5.69 Å². The fourth-order valence-corrected chi connectivity index (χ4v) is 1.71. The van der Waals surface area contributed by atoms with Crippen LogP contribution in [0.2, 0.25) is 0 Å². The van der Waals surface area contributed by atoms with Crippen LogP contribution >= 0.6 is 15.9 Å². The first-order valence-corrected chi connectivity index (χ1v) is 5.07. The van der Waals surface area contributed by atoms with Crippen LogP contribution in [-0.2, 0) is 6.42 Å². The minimum absolute atomic E-state index is 0.105. The average molecular weight is 259 g/mol. The molecule has 1 aromatic rings. The molecule has 76 valence electrons. The quantitative estimate of drug-likeness (QED) is 0.666. The van der Waals surface area contributed by atoms with Crippen molar-refractivity contribution in [2.24, 2.45) is 5.73 Å². The normalized spacial score (nSPS) is 10.1. The van der Waals surface area contributed by atoms with E-state index >= 15 is 0 Å². The monoisotopic (exact) mass is 258 g/mol. The molecular weight excluding hydrogens is 248 g/mol. The van der Waals surface area contributed by atoms with E-state index in [-0.39, 0.29) is 5.69 Å². The van der Waals surface area contributed by atoms with Crippen LogP contribution in [0.3, 0.4) is 0 Å². The van der Waals surface area contributed by atoms with Crippen molar-refractivity contribution in [2.45, 2.75) is 12.8 Å². The van der Waals surface area contributed by atoms with E-state index < -0.39 is 4.92 Å². The van der Waals surface area contributed by atoms with Crippen molar-refractivity contribution in [3.63, 3.8) is 0 Å². The maximum absolute atomic E-state index is 10.4. The molecule has 0 aliphatic carbocycles. The number of non-ortho nitro benzene ring substituents is 1. The zero-order valence-corrected chi connectivity index (χ0v) is 9.16. The van der Waals surface area contributed by atoms with Gasteiger partial charge >= 0.3 is 0 Å². The van der Waals surface area contributed by atoms with Crippen LogP contribution in [0.15, 0.2) is 22.7 Å². The van der Waals surface area contributed by atoms with E-state index in [1.165, 1.54) is 12.1 Å². The lowest BCUT2D eigenvalue weighted by Crippen LogP contribution is -2.01. The predicted octanol–water partition coefficient (Wildman–Crippen LogP) is 2.25. The SMILES string of the molecule is NCCCc1ccc([N+](=O)[O-])cc1Br. The molecular formula is C9H11BrN2O2. The van der Waals surface area contributed by atoms with Gasteiger partial charge in [0.1, 0.15) is 0 Å². The zero-order valence-electron chi connectivity index (χ0n) is 7.57. The Morgan fingerprint density at radius 1 is 1.50 bits per heavy atom. The molecule has 0 saturated carbocycles. The van der Waals surface area contributed by atoms with Gasteiger partial charge in [-0.25, -0.2) is 0 Å². The maximum atomic E-state index is 10.4. The lowest BCUT2D eigenvalue weighted by molar-refractivity contribution is -0.384. The summed E-state index contributed by atoms with van der Waals surface area (Å²) >= 11 is 3.30. The molecule has 0 aliphatic heterocycles. The van der Waals surface area contributed by atoms with Gasteiger partial charge in [-0.3, -0.25) is 10.1 Å². The smallest absolute Gasteiger partial charge is 0.270 e. The van der Waals surface area contributed by atoms with Crippen molar-refractivity contribution in [1.29, 1.82) is 0 Å². The number of nitro benzene ring substituents is 1. The summed E-state index contributed by atoms with van der Waals surface area (Å²) in [7, 11) is 0. The maximum Gasteiger partial charge on any atom is 0.270 e. The Bertz CT molecular complexity index is 342. The molecule has 1 aromatic carbocycles. The third-order valence-electron chi connectivity index (χ3n) is 1.90. The number of nitrogens with two attached hydrogens (primary N) is 1. The summed E-state index contributed by atoms with van der Waals surface area (Å²) in [5, 5.41) is 10.4. The van der Waals surface area contributed by atoms with Gasteiger partial charge in [0.2, 0.25) is 0 Å². The summed E-state index contributed by atoms with van der Waals surface area (Å²) in [5.74, 6) is 0. The van der Waals surface area contributed by atoms with Gasteiger partial charge in [0.25, 0.3) is 5.69 Å². The van der Waals surface area contributed by atoms with Gasteiger partial charge < -0.3 is 5.73 Å². The second-order valence-electron chi connectivity index (χ2n) is 2.93. The first kappa shape index (κ1) is 11.1. The number of nitrogens with zero attached hydrogens (tertiary/aromatic N) is 1. The molecule has 0 aromatic heterocycles. The molecule has 0 bridgehead atoms. The van der Waals surface area contributed by atoms with E-state index in [2.05, 4.69) is 15.9 Å². The fraction of sp³-hybridized carbons (Fsp3) is 0.333. The van der Waals surface area contributed by atoms with Crippen molar-refractivity contribution in [3.05, 3.63) is 38.3 Å². The van der Waals surface area contributed by atoms with Crippen LogP contribution in [-0.4, -0.2) is 11.5 Å². The highest BCUT2D eigenvalue weighted by molar-refractivity contribution is 9.10. The molecule has 0 unspecified atom stereocenters. The Labute approximate surface area is 90.4 Å². The Morgan fingerprint density at radius 2 is 2.21 bits per heavy atom. The first-order chi connectivity index (χ1) is 6.65. The molecule has 0 amide bonds. The highest BCUT2D eigenvalue weighted by Crippen LogP contribution is 2.23. The zero-order chi connectivity index (χ0) is 10.6. The summed E-state index contributed by atoms with van der Waals surface area (Å²) < 4.78 is 0.778. The van der Waals surface area contributed by atoms with Gasteiger partial charge in [0.05, 0.1) is 4.92 Å². The first-order valence-electron chi connectivity index (χ1n) is 4.28. The van der Waals surface area contributed by atoms with Crippen molar-refractivity contribution < 1.29 is 4.92 Å². The van der Waals surface area contributed by atoms with E-state index in [4.69, 9.17) is 5.73 Å². The van der Waals surface area contributed by atoms with Crippen molar-refractivity contribution >= 4 is 21.6 Å². The number of aryl methyl sites for hydroxylation is 1. The van der Waals surface area contributed by atoms with E-state index in [0.29, 0.717) is 6.54 Å². The number of hydrogen-bond acceptors (Lipinski definition) is 3. The minimum Gasteiger partial charge on any atom is -0.330 e. The highest BCUT2D eigenvalue weighted by Gasteiger charge is 2.08. The molecule has 4 nitrogen and oxygen atoms in total. The average Bonchev–Trinajstić information content (AvgIpc) is 2.15. The summed E-state index contributed by atoms with van der Waals surface area (Å²) in [6.07, 6.45) is 1.73. The van der Waals surface area contributed by atoms with Gasteiger partial charge in [0, 0.05) is 16.6 Å². The Hall–Kier alpha value is -0.940. The number of halogens is 1. The van der Waals surface area contributed by atoms with Gasteiger partial charge in [0.15, 0.2) is 0 Å². The molecule has 14 heavy (non-hydrogen) atoms. The van der Waals surface area contributed by atoms with Gasteiger partial charge in [-0.05, 0) is 24.9 Å². The number of hydrogen-bond donors (Lipinski definition) is 1. The summed E-state index contributed by atoms with van der Waals surface area (Å²) in [5.41, 5.74) is 6.54. The lowest BCUT2D eigenvalue weighted by Gasteiger charge is -2.02. The minimum atomic E-state index is -0.405. The molecule has 0 saturated heterocycles. The summed E-state index contributed by atoms with van der Waals surface area (Å²) in [6, 6.07) is 4.79. The van der Waals surface area contributed by atoms with Crippen molar-refractivity contribution in [2.75, 3.05) is 6.54 Å². The second-order valence-corrected chi connectivity index (χ2v) is 3.78. The largest absolute Gasteiger partial charge is 0.330 e. The van der Waals surface area contributed by atoms with Crippen LogP contribution in [0.25, 0.3) is 0 Å². The standard InChI is InChI=1S/C9H11BrN2O2/c10-9-6-8(12(13)14)4-3-7(9)2-1-5-11/h3-4,6H,1-2,5,11H2. The molecule has 0 fully saturated rings. The molecule has 5 heteroatoms. The van der Waals surface area contributed by atoms with Crippen LogP contribution in [0.5, 0.6) is 0 Å². The van der Waals surface area contributed by atoms with Crippen LogP contribution < -0.4 is 5.73 Å². The number of benzene rings is 1. The molecule has 0 aliphatic rings. The second kappa shape index (κ2) is 5.07. The summed E-state index contributed by atoms with van der Waals surface area (Å²) in [4.78, 5) is 10.0. The highest BCUT2D eigenvalue weighted by atomic mass is 79.9. The third kappa shape index (κ3) is 2.78. The predicted molar refractivity (Wildman–Crippen MR) is 58.2 cm³/mol. The third-order valence-corrected chi connectivity index (χ3v) is 2.64. The summed E-state index contributed by atoms with van der Waals surface area (Å²) in [6.45, 7) is 0.628. The van der Waals surface area contributed by atoms with Gasteiger partial charge in [-0.15, -0.1) is 0 Å². The topological polar surface area (TPSA) is 69.2 Å². The molecule has 2 N–H and O–H groups in total. The van der Waals surface area contributed by atoms with Crippen LogP contribution in [0, 0.1) is 10.1 Å². The molecule has 0 spiro atoms. The molecule has 0 radical (unpaired) electrons.